The molecule has 0 radical (unpaired) electrons. The molecule has 126 valence electrons. The predicted octanol–water partition coefficient (Wildman–Crippen LogP) is 5.03. The lowest BCUT2D eigenvalue weighted by atomic mass is 10.3. The van der Waals surface area contributed by atoms with Gasteiger partial charge in [-0.05, 0) is 39.8 Å². The Balaban J connectivity index is 3.18. The first-order chi connectivity index (χ1) is 10.0. The number of alkyl halides is 3. The molecule has 0 aliphatic carbocycles. The first-order valence-electron chi connectivity index (χ1n) is 6.89. The molecule has 1 rings (SSSR count). The van der Waals surface area contributed by atoms with Gasteiger partial charge in [-0.1, -0.05) is 18.2 Å². The fraction of sp³-hybridized carbons (Fsp3) is 0.571. The lowest BCUT2D eigenvalue weighted by Gasteiger charge is -2.32. The molecule has 0 heterocycles. The second-order valence-corrected chi connectivity index (χ2v) is 7.32. The molecule has 0 amide bonds. The van der Waals surface area contributed by atoms with Crippen molar-refractivity contribution in [2.24, 2.45) is 0 Å². The van der Waals surface area contributed by atoms with E-state index >= 15 is 0 Å². The van der Waals surface area contributed by atoms with Gasteiger partial charge in [0.05, 0.1) is 12.2 Å². The van der Waals surface area contributed by atoms with Crippen molar-refractivity contribution in [3.05, 3.63) is 30.3 Å². The third-order valence-corrected chi connectivity index (χ3v) is 4.90. The molecular formula is C14H21F3NO3P. The van der Waals surface area contributed by atoms with E-state index in [0.717, 1.165) is 0 Å². The summed E-state index contributed by atoms with van der Waals surface area (Å²) < 4.78 is 63.1. The molecule has 0 aliphatic rings. The molecule has 1 atom stereocenters. The minimum Gasteiger partial charge on any atom is -0.364 e. The summed E-state index contributed by atoms with van der Waals surface area (Å²) in [6.07, 6.45) is -6.14. The third-order valence-electron chi connectivity index (χ3n) is 2.42. The van der Waals surface area contributed by atoms with Gasteiger partial charge < -0.3 is 14.4 Å². The number of para-hydroxylation sites is 1. The highest BCUT2D eigenvalue weighted by Crippen LogP contribution is 2.59. The van der Waals surface area contributed by atoms with Crippen LogP contribution in [0.25, 0.3) is 0 Å². The van der Waals surface area contributed by atoms with Crippen LogP contribution in [-0.2, 0) is 13.6 Å². The van der Waals surface area contributed by atoms with Gasteiger partial charge in [-0.15, -0.1) is 0 Å². The van der Waals surface area contributed by atoms with Crippen LogP contribution < -0.4 is 5.32 Å². The molecule has 1 aromatic rings. The fourth-order valence-electron chi connectivity index (χ4n) is 1.77. The van der Waals surface area contributed by atoms with Gasteiger partial charge in [0.1, 0.15) is 0 Å². The van der Waals surface area contributed by atoms with Crippen molar-refractivity contribution >= 4 is 13.3 Å². The topological polar surface area (TPSA) is 47.6 Å². The summed E-state index contributed by atoms with van der Waals surface area (Å²) in [5, 5.41) is 2.23. The van der Waals surface area contributed by atoms with Crippen molar-refractivity contribution in [1.82, 2.24) is 0 Å². The zero-order chi connectivity index (χ0) is 17.0. The summed E-state index contributed by atoms with van der Waals surface area (Å²) in [5.41, 5.74) is 0.185. The highest BCUT2D eigenvalue weighted by atomic mass is 31.2. The molecule has 0 saturated heterocycles. The van der Waals surface area contributed by atoms with Gasteiger partial charge in [-0.25, -0.2) is 0 Å². The smallest absolute Gasteiger partial charge is 0.364 e. The van der Waals surface area contributed by atoms with Gasteiger partial charge in [0, 0.05) is 5.69 Å². The van der Waals surface area contributed by atoms with Crippen molar-refractivity contribution in [3.63, 3.8) is 0 Å². The summed E-state index contributed by atoms with van der Waals surface area (Å²) in [5.74, 6) is -2.44. The minimum absolute atomic E-state index is 0.185. The number of hydrogen-bond donors (Lipinski definition) is 1. The quantitative estimate of drug-likeness (QED) is 0.708. The lowest BCUT2D eigenvalue weighted by Crippen LogP contribution is -2.38. The maximum Gasteiger partial charge on any atom is 0.420 e. The molecule has 22 heavy (non-hydrogen) atoms. The average molecular weight is 339 g/mol. The molecule has 0 spiro atoms. The molecule has 8 heteroatoms. The van der Waals surface area contributed by atoms with Gasteiger partial charge in [0.15, 0.2) is 0 Å². The SMILES string of the molecule is CC(C)OP(=O)(OC(C)C)C(Nc1ccccc1)C(F)(F)F. The largest absolute Gasteiger partial charge is 0.420 e. The number of benzene rings is 1. The predicted molar refractivity (Wildman–Crippen MR) is 80.0 cm³/mol. The van der Waals surface area contributed by atoms with Gasteiger partial charge >= 0.3 is 13.8 Å². The van der Waals surface area contributed by atoms with Crippen molar-refractivity contribution in [3.8, 4) is 0 Å². The Morgan fingerprint density at radius 2 is 1.45 bits per heavy atom. The molecule has 0 aliphatic heterocycles. The Morgan fingerprint density at radius 1 is 1.00 bits per heavy atom. The summed E-state index contributed by atoms with van der Waals surface area (Å²) >= 11 is 0. The molecule has 0 saturated carbocycles. The average Bonchev–Trinajstić information content (AvgIpc) is 2.33. The van der Waals surface area contributed by atoms with Crippen LogP contribution in [0, 0.1) is 0 Å². The van der Waals surface area contributed by atoms with Gasteiger partial charge in [0.25, 0.3) is 0 Å². The van der Waals surface area contributed by atoms with E-state index in [2.05, 4.69) is 5.32 Å². The van der Waals surface area contributed by atoms with Gasteiger partial charge in [-0.2, -0.15) is 13.2 Å². The summed E-state index contributed by atoms with van der Waals surface area (Å²) in [7, 11) is -4.46. The van der Waals surface area contributed by atoms with Gasteiger partial charge in [-0.3, -0.25) is 4.57 Å². The normalized spacial score (nSPS) is 14.4. The number of hydrogen-bond acceptors (Lipinski definition) is 4. The van der Waals surface area contributed by atoms with E-state index in [1.54, 1.807) is 18.2 Å². The van der Waals surface area contributed by atoms with E-state index in [1.807, 2.05) is 0 Å². The Labute approximate surface area is 128 Å². The maximum absolute atomic E-state index is 13.4. The first kappa shape index (κ1) is 19.0. The Bertz CT molecular complexity index is 492. The van der Waals surface area contributed by atoms with Crippen LogP contribution >= 0.6 is 7.60 Å². The highest BCUT2D eigenvalue weighted by molar-refractivity contribution is 7.54. The number of nitrogens with one attached hydrogen (secondary N) is 1. The Morgan fingerprint density at radius 3 is 1.82 bits per heavy atom. The minimum atomic E-state index is -4.80. The van der Waals surface area contributed by atoms with Crippen LogP contribution in [0.2, 0.25) is 0 Å². The standard InChI is InChI=1S/C14H21F3NO3P/c1-10(2)20-22(19,21-11(3)4)13(14(15,16)17)18-12-8-6-5-7-9-12/h5-11,13,18H,1-4H3. The van der Waals surface area contributed by atoms with Crippen LogP contribution in [0.15, 0.2) is 30.3 Å². The van der Waals surface area contributed by atoms with Crippen molar-refractivity contribution in [1.29, 1.82) is 0 Å². The molecule has 0 fully saturated rings. The molecule has 0 aromatic heterocycles. The van der Waals surface area contributed by atoms with Crippen LogP contribution in [0.4, 0.5) is 18.9 Å². The van der Waals surface area contributed by atoms with Crippen LogP contribution in [0.5, 0.6) is 0 Å². The van der Waals surface area contributed by atoms with Crippen molar-refractivity contribution < 1.29 is 26.8 Å². The van der Waals surface area contributed by atoms with Crippen LogP contribution in [0.3, 0.4) is 0 Å². The fourth-order valence-corrected chi connectivity index (χ4v) is 3.90. The zero-order valence-electron chi connectivity index (χ0n) is 12.9. The zero-order valence-corrected chi connectivity index (χ0v) is 13.8. The molecule has 1 N–H and O–H groups in total. The summed E-state index contributed by atoms with van der Waals surface area (Å²) in [6, 6.07) is 7.73. The molecule has 1 unspecified atom stereocenters. The van der Waals surface area contributed by atoms with E-state index < -0.39 is 31.8 Å². The number of rotatable bonds is 7. The summed E-state index contributed by atoms with van der Waals surface area (Å²) in [4.78, 5) is 0. The molecule has 1 aromatic carbocycles. The van der Waals surface area contributed by atoms with E-state index in [-0.39, 0.29) is 5.69 Å². The van der Waals surface area contributed by atoms with Crippen LogP contribution in [-0.4, -0.2) is 24.2 Å². The van der Waals surface area contributed by atoms with Crippen molar-refractivity contribution in [2.45, 2.75) is 51.9 Å². The highest BCUT2D eigenvalue weighted by Gasteiger charge is 2.55. The lowest BCUT2D eigenvalue weighted by molar-refractivity contribution is -0.130. The maximum atomic E-state index is 13.4. The second-order valence-electron chi connectivity index (χ2n) is 5.30. The van der Waals surface area contributed by atoms with Crippen molar-refractivity contribution in [2.75, 3.05) is 5.32 Å². The van der Waals surface area contributed by atoms with E-state index in [9.17, 15) is 17.7 Å². The van der Waals surface area contributed by atoms with E-state index in [4.69, 9.17) is 9.05 Å². The van der Waals surface area contributed by atoms with E-state index in [0.29, 0.717) is 0 Å². The Hall–Kier alpha value is -1.04. The first-order valence-corrected chi connectivity index (χ1v) is 8.50. The number of anilines is 1. The summed E-state index contributed by atoms with van der Waals surface area (Å²) in [6.45, 7) is 6.02. The van der Waals surface area contributed by atoms with Crippen LogP contribution in [0.1, 0.15) is 27.7 Å². The van der Waals surface area contributed by atoms with Gasteiger partial charge in [0.2, 0.25) is 5.78 Å². The number of halogens is 3. The monoisotopic (exact) mass is 339 g/mol. The molecule has 4 nitrogen and oxygen atoms in total. The molecule has 0 bridgehead atoms. The second kappa shape index (κ2) is 7.49. The van der Waals surface area contributed by atoms with E-state index in [1.165, 1.54) is 39.8 Å². The molecular weight excluding hydrogens is 318 g/mol. The Kier molecular flexibility index (Phi) is 6.47. The third kappa shape index (κ3) is 5.63.